The Labute approximate surface area is 226 Å². The molecule has 5 fully saturated rings. The summed E-state index contributed by atoms with van der Waals surface area (Å²) < 4.78 is 22.2. The molecular formula is C30H44FN4O3+. The van der Waals surface area contributed by atoms with Crippen molar-refractivity contribution in [3.05, 3.63) is 24.0 Å². The average Bonchev–Trinajstić information content (AvgIpc) is 3.62. The molecule has 0 bridgehead atoms. The molecule has 6 rings (SSSR count). The highest BCUT2D eigenvalue weighted by atomic mass is 19.1. The van der Waals surface area contributed by atoms with Gasteiger partial charge in [-0.3, -0.25) is 14.1 Å². The molecule has 1 aromatic carbocycles. The first-order valence-electron chi connectivity index (χ1n) is 15.0. The van der Waals surface area contributed by atoms with Gasteiger partial charge in [0.05, 0.1) is 23.7 Å². The zero-order valence-corrected chi connectivity index (χ0v) is 22.9. The largest absolute Gasteiger partial charge is 0.381 e. The molecule has 0 aromatic heterocycles. The van der Waals surface area contributed by atoms with Crippen LogP contribution < -0.4 is 14.7 Å². The van der Waals surface area contributed by atoms with Gasteiger partial charge in [0.1, 0.15) is 11.7 Å². The standard InChI is InChI=1S/C30H44FN4O3/c1-22-4-2-17-35(22,25-7-13-32-21-25)24-5-6-27(26(31)20-24)34-14-3-10-30(29(34)37)11-15-33(16-12-30)28(36)23-8-18-38-19-9-23/h5-6,20,22-23,25,32H,2-4,7-19,21H2,1H3/q+1/t22-,25-,35?/m0/s1. The van der Waals surface area contributed by atoms with Crippen LogP contribution in [0.1, 0.15) is 64.7 Å². The van der Waals surface area contributed by atoms with Gasteiger partial charge in [-0.25, -0.2) is 4.39 Å². The summed E-state index contributed by atoms with van der Waals surface area (Å²) in [4.78, 5) is 30.6. The molecule has 1 spiro atoms. The van der Waals surface area contributed by atoms with E-state index < -0.39 is 5.41 Å². The maximum Gasteiger partial charge on any atom is 0.233 e. The van der Waals surface area contributed by atoms with Gasteiger partial charge in [-0.05, 0) is 51.5 Å². The van der Waals surface area contributed by atoms with Gasteiger partial charge in [0.25, 0.3) is 0 Å². The van der Waals surface area contributed by atoms with Crippen molar-refractivity contribution in [3.63, 3.8) is 0 Å². The van der Waals surface area contributed by atoms with E-state index in [1.165, 1.54) is 12.8 Å². The molecule has 208 valence electrons. The number of ether oxygens (including phenoxy) is 1. The predicted molar refractivity (Wildman–Crippen MR) is 146 cm³/mol. The van der Waals surface area contributed by atoms with E-state index in [0.29, 0.717) is 63.5 Å². The lowest BCUT2D eigenvalue weighted by molar-refractivity contribution is -0.145. The van der Waals surface area contributed by atoms with E-state index in [-0.39, 0.29) is 23.5 Å². The Balaban J connectivity index is 1.19. The Morgan fingerprint density at radius 3 is 2.53 bits per heavy atom. The molecule has 2 amide bonds. The Kier molecular flexibility index (Phi) is 7.25. The molecule has 3 atom stereocenters. The van der Waals surface area contributed by atoms with Crippen molar-refractivity contribution in [3.8, 4) is 0 Å². The van der Waals surface area contributed by atoms with Crippen molar-refractivity contribution < 1.29 is 18.7 Å². The zero-order chi connectivity index (χ0) is 26.3. The highest BCUT2D eigenvalue weighted by Gasteiger charge is 2.50. The molecule has 5 aliphatic rings. The van der Waals surface area contributed by atoms with E-state index in [1.54, 1.807) is 11.0 Å². The van der Waals surface area contributed by atoms with Gasteiger partial charge in [-0.15, -0.1) is 0 Å². The molecule has 1 aromatic rings. The molecule has 1 unspecified atom stereocenters. The number of amides is 2. The first kappa shape index (κ1) is 26.2. The van der Waals surface area contributed by atoms with Crippen molar-refractivity contribution in [2.24, 2.45) is 11.3 Å². The van der Waals surface area contributed by atoms with Gasteiger partial charge in [-0.1, -0.05) is 0 Å². The van der Waals surface area contributed by atoms with E-state index in [1.807, 2.05) is 11.0 Å². The Morgan fingerprint density at radius 2 is 1.87 bits per heavy atom. The van der Waals surface area contributed by atoms with Crippen molar-refractivity contribution in [1.82, 2.24) is 14.7 Å². The molecule has 0 saturated carbocycles. The van der Waals surface area contributed by atoms with E-state index in [4.69, 9.17) is 4.74 Å². The van der Waals surface area contributed by atoms with Gasteiger partial charge >= 0.3 is 0 Å². The van der Waals surface area contributed by atoms with Crippen LogP contribution in [-0.2, 0) is 14.3 Å². The Morgan fingerprint density at radius 1 is 1.08 bits per heavy atom. The molecule has 7 nitrogen and oxygen atoms in total. The second kappa shape index (κ2) is 10.5. The maximum absolute atomic E-state index is 15.9. The van der Waals surface area contributed by atoms with Crippen LogP contribution in [0.4, 0.5) is 15.8 Å². The van der Waals surface area contributed by atoms with E-state index in [2.05, 4.69) is 18.3 Å². The number of carbonyl (C=O) groups excluding carboxylic acids is 2. The number of hydrogen-bond acceptors (Lipinski definition) is 4. The molecule has 1 N–H and O–H groups in total. The molecule has 8 heteroatoms. The third kappa shape index (κ3) is 4.37. The smallest absolute Gasteiger partial charge is 0.233 e. The average molecular weight is 528 g/mol. The van der Waals surface area contributed by atoms with Crippen LogP contribution in [0.3, 0.4) is 0 Å². The van der Waals surface area contributed by atoms with Gasteiger partial charge in [-0.2, -0.15) is 0 Å². The third-order valence-electron chi connectivity index (χ3n) is 10.7. The second-order valence-electron chi connectivity index (χ2n) is 12.5. The van der Waals surface area contributed by atoms with E-state index in [0.717, 1.165) is 61.9 Å². The maximum atomic E-state index is 15.9. The molecule has 38 heavy (non-hydrogen) atoms. The lowest BCUT2D eigenvalue weighted by Gasteiger charge is -2.47. The number of piperidine rings is 2. The molecule has 5 saturated heterocycles. The fourth-order valence-electron chi connectivity index (χ4n) is 8.36. The number of likely N-dealkylation sites (tertiary alicyclic amines) is 2. The number of hydrogen-bond donors (Lipinski definition) is 1. The number of anilines is 1. The second-order valence-corrected chi connectivity index (χ2v) is 12.5. The van der Waals surface area contributed by atoms with Crippen LogP contribution in [0.2, 0.25) is 0 Å². The van der Waals surface area contributed by atoms with Crippen molar-refractivity contribution >= 4 is 23.2 Å². The topological polar surface area (TPSA) is 61.9 Å². The molecule has 0 aliphatic carbocycles. The van der Waals surface area contributed by atoms with Crippen LogP contribution >= 0.6 is 0 Å². The minimum absolute atomic E-state index is 0.0481. The van der Waals surface area contributed by atoms with Gasteiger partial charge < -0.3 is 19.9 Å². The summed E-state index contributed by atoms with van der Waals surface area (Å²) in [6.45, 7) is 8.48. The number of benzene rings is 1. The van der Waals surface area contributed by atoms with Crippen molar-refractivity contribution in [1.29, 1.82) is 0 Å². The van der Waals surface area contributed by atoms with Crippen molar-refractivity contribution in [2.45, 2.75) is 76.8 Å². The summed E-state index contributed by atoms with van der Waals surface area (Å²) in [7, 11) is 0. The number of nitrogens with zero attached hydrogens (tertiary/aromatic N) is 3. The van der Waals surface area contributed by atoms with Gasteiger partial charge in [0, 0.05) is 83.3 Å². The lowest BCUT2D eigenvalue weighted by atomic mass is 9.71. The molecule has 5 heterocycles. The van der Waals surface area contributed by atoms with Gasteiger partial charge in [0.2, 0.25) is 11.8 Å². The Hall–Kier alpha value is -2.03. The van der Waals surface area contributed by atoms with Crippen LogP contribution in [0.15, 0.2) is 18.2 Å². The Bertz CT molecular complexity index is 1050. The van der Waals surface area contributed by atoms with E-state index in [9.17, 15) is 9.59 Å². The minimum atomic E-state index is -0.484. The highest BCUT2D eigenvalue weighted by Crippen LogP contribution is 2.45. The van der Waals surface area contributed by atoms with Crippen LogP contribution in [0, 0.1) is 17.2 Å². The summed E-state index contributed by atoms with van der Waals surface area (Å²) in [5.74, 6) is 0.0402. The zero-order valence-electron chi connectivity index (χ0n) is 22.9. The quantitative estimate of drug-likeness (QED) is 0.605. The number of quaternary nitrogens is 1. The predicted octanol–water partition coefficient (Wildman–Crippen LogP) is 3.84. The van der Waals surface area contributed by atoms with Crippen LogP contribution in [0.25, 0.3) is 0 Å². The summed E-state index contributed by atoms with van der Waals surface area (Å²) in [6, 6.07) is 6.66. The van der Waals surface area contributed by atoms with Crippen LogP contribution in [-0.4, -0.2) is 81.3 Å². The SMILES string of the molecule is C[C@H]1CCC[N+]1(c1ccc(N2CCCC3(CCN(C(=O)C4CCOCC4)CC3)C2=O)c(F)c1)[C@H]1CCNC1. The van der Waals surface area contributed by atoms with Crippen LogP contribution in [0.5, 0.6) is 0 Å². The molecule has 0 radical (unpaired) electrons. The lowest BCUT2D eigenvalue weighted by Crippen LogP contribution is -2.59. The normalized spacial score (nSPS) is 32.3. The molecule has 5 aliphatic heterocycles. The highest BCUT2D eigenvalue weighted by molar-refractivity contribution is 5.99. The first-order valence-corrected chi connectivity index (χ1v) is 15.0. The first-order chi connectivity index (χ1) is 18.4. The molecular weight excluding hydrogens is 483 g/mol. The number of rotatable bonds is 4. The van der Waals surface area contributed by atoms with Gasteiger partial charge in [0.15, 0.2) is 5.82 Å². The monoisotopic (exact) mass is 527 g/mol. The fourth-order valence-corrected chi connectivity index (χ4v) is 8.36. The number of nitrogens with one attached hydrogen (secondary N) is 1. The number of carbonyl (C=O) groups is 2. The number of halogens is 1. The van der Waals surface area contributed by atoms with E-state index >= 15 is 4.39 Å². The third-order valence-corrected chi connectivity index (χ3v) is 10.7. The summed E-state index contributed by atoms with van der Waals surface area (Å²) in [6.07, 6.45) is 8.07. The summed E-state index contributed by atoms with van der Waals surface area (Å²) >= 11 is 0. The fraction of sp³-hybridized carbons (Fsp3) is 0.733. The van der Waals surface area contributed by atoms with Crippen molar-refractivity contribution in [2.75, 3.05) is 57.4 Å². The summed E-state index contributed by atoms with van der Waals surface area (Å²) in [5.41, 5.74) is 1.000. The minimum Gasteiger partial charge on any atom is -0.381 e. The summed E-state index contributed by atoms with van der Waals surface area (Å²) in [5, 5.41) is 3.52.